The lowest BCUT2D eigenvalue weighted by Gasteiger charge is -2.33. The van der Waals surface area contributed by atoms with Crippen molar-refractivity contribution < 1.29 is 22.8 Å². The van der Waals surface area contributed by atoms with E-state index in [1.54, 1.807) is 16.8 Å². The summed E-state index contributed by atoms with van der Waals surface area (Å²) in [5, 5.41) is 4.65. The van der Waals surface area contributed by atoms with Crippen molar-refractivity contribution in [3.05, 3.63) is 82.7 Å². The molecule has 0 radical (unpaired) electrons. The summed E-state index contributed by atoms with van der Waals surface area (Å²) in [6.45, 7) is 5.13. The SMILES string of the molecule is Cc1nn(-c2ccccc2)c(C)c1CN(C)C(=O)C1CCN(C(=O)c2ccc(C(F)(F)F)cc2)CC1. The van der Waals surface area contributed by atoms with Crippen LogP contribution in [0.15, 0.2) is 54.6 Å². The van der Waals surface area contributed by atoms with Gasteiger partial charge in [-0.05, 0) is 63.1 Å². The summed E-state index contributed by atoms with van der Waals surface area (Å²) in [4.78, 5) is 29.2. The lowest BCUT2D eigenvalue weighted by atomic mass is 9.94. The number of piperidine rings is 1. The third-order valence-electron chi connectivity index (χ3n) is 6.80. The Labute approximate surface area is 208 Å². The normalized spacial score (nSPS) is 14.7. The van der Waals surface area contributed by atoms with Crippen LogP contribution in [0.1, 0.15) is 45.7 Å². The first-order chi connectivity index (χ1) is 17.1. The summed E-state index contributed by atoms with van der Waals surface area (Å²) >= 11 is 0. The number of amides is 2. The number of hydrogen-bond acceptors (Lipinski definition) is 3. The Morgan fingerprint density at radius 3 is 2.19 bits per heavy atom. The number of rotatable bonds is 5. The van der Waals surface area contributed by atoms with Crippen LogP contribution in [0.25, 0.3) is 5.69 Å². The lowest BCUT2D eigenvalue weighted by molar-refractivity contribution is -0.137. The molecule has 2 aromatic carbocycles. The van der Waals surface area contributed by atoms with Crippen LogP contribution < -0.4 is 0 Å². The third-order valence-corrected chi connectivity index (χ3v) is 6.80. The molecule has 1 aliphatic heterocycles. The summed E-state index contributed by atoms with van der Waals surface area (Å²) in [7, 11) is 1.78. The van der Waals surface area contributed by atoms with Crippen molar-refractivity contribution in [1.29, 1.82) is 0 Å². The second-order valence-electron chi connectivity index (χ2n) is 9.23. The van der Waals surface area contributed by atoms with Crippen molar-refractivity contribution in [1.82, 2.24) is 19.6 Å². The molecule has 6 nitrogen and oxygen atoms in total. The average molecular weight is 499 g/mol. The minimum absolute atomic E-state index is 0.0166. The van der Waals surface area contributed by atoms with Crippen molar-refractivity contribution in [2.24, 2.45) is 5.92 Å². The number of carbonyl (C=O) groups excluding carboxylic acids is 2. The highest BCUT2D eigenvalue weighted by atomic mass is 19.4. The van der Waals surface area contributed by atoms with E-state index in [0.717, 1.165) is 34.8 Å². The number of likely N-dealkylation sites (tertiary alicyclic amines) is 1. The monoisotopic (exact) mass is 498 g/mol. The Kier molecular flexibility index (Phi) is 7.19. The van der Waals surface area contributed by atoms with Crippen LogP contribution in [0.3, 0.4) is 0 Å². The lowest BCUT2D eigenvalue weighted by Crippen LogP contribution is -2.43. The molecule has 190 valence electrons. The van der Waals surface area contributed by atoms with Crippen molar-refractivity contribution in [3.63, 3.8) is 0 Å². The van der Waals surface area contributed by atoms with Gasteiger partial charge in [0.1, 0.15) is 0 Å². The number of carbonyl (C=O) groups is 2. The van der Waals surface area contributed by atoms with Crippen LogP contribution in [-0.4, -0.2) is 51.5 Å². The maximum absolute atomic E-state index is 13.2. The third kappa shape index (κ3) is 5.29. The van der Waals surface area contributed by atoms with Gasteiger partial charge < -0.3 is 9.80 Å². The second-order valence-corrected chi connectivity index (χ2v) is 9.23. The molecular formula is C27H29F3N4O2. The number of benzene rings is 2. The standard InChI is InChI=1S/C27H29F3N4O2/c1-18-24(19(2)34(31-18)23-7-5-4-6-8-23)17-32(3)25(35)21-13-15-33(16-14-21)26(36)20-9-11-22(12-10-20)27(28,29)30/h4-12,21H,13-17H2,1-3H3. The first kappa shape index (κ1) is 25.5. The first-order valence-corrected chi connectivity index (χ1v) is 11.9. The second kappa shape index (κ2) is 10.2. The summed E-state index contributed by atoms with van der Waals surface area (Å²) in [6.07, 6.45) is -3.42. The van der Waals surface area contributed by atoms with E-state index in [2.05, 4.69) is 5.10 Å². The molecule has 0 spiro atoms. The topological polar surface area (TPSA) is 58.4 Å². The van der Waals surface area contributed by atoms with Gasteiger partial charge in [-0.25, -0.2) is 4.68 Å². The molecule has 0 saturated carbocycles. The van der Waals surface area contributed by atoms with Gasteiger partial charge in [0, 0.05) is 49.4 Å². The molecule has 0 unspecified atom stereocenters. The average Bonchev–Trinajstić information content (AvgIpc) is 3.16. The van der Waals surface area contributed by atoms with E-state index in [-0.39, 0.29) is 23.3 Å². The maximum Gasteiger partial charge on any atom is 0.416 e. The summed E-state index contributed by atoms with van der Waals surface area (Å²) in [6, 6.07) is 14.1. The zero-order valence-electron chi connectivity index (χ0n) is 20.5. The summed E-state index contributed by atoms with van der Waals surface area (Å²) in [5.41, 5.74) is 3.24. The van der Waals surface area contributed by atoms with E-state index >= 15 is 0 Å². The molecule has 4 rings (SSSR count). The zero-order chi connectivity index (χ0) is 26.0. The molecule has 9 heteroatoms. The van der Waals surface area contributed by atoms with E-state index in [0.29, 0.717) is 32.5 Å². The molecule has 0 bridgehead atoms. The quantitative estimate of drug-likeness (QED) is 0.497. The molecular weight excluding hydrogens is 469 g/mol. The van der Waals surface area contributed by atoms with Gasteiger partial charge >= 0.3 is 6.18 Å². The van der Waals surface area contributed by atoms with Gasteiger partial charge in [0.15, 0.2) is 0 Å². The van der Waals surface area contributed by atoms with E-state index in [4.69, 9.17) is 0 Å². The fourth-order valence-electron chi connectivity index (χ4n) is 4.67. The van der Waals surface area contributed by atoms with Gasteiger partial charge in [-0.3, -0.25) is 9.59 Å². The number of para-hydroxylation sites is 1. The van der Waals surface area contributed by atoms with Crippen LogP contribution >= 0.6 is 0 Å². The fourth-order valence-corrected chi connectivity index (χ4v) is 4.67. The van der Waals surface area contributed by atoms with Gasteiger partial charge in [0.2, 0.25) is 5.91 Å². The van der Waals surface area contributed by atoms with Crippen molar-refractivity contribution in [2.75, 3.05) is 20.1 Å². The number of aryl methyl sites for hydroxylation is 1. The molecule has 0 N–H and O–H groups in total. The molecule has 0 aliphatic carbocycles. The van der Waals surface area contributed by atoms with Crippen LogP contribution in [-0.2, 0) is 17.5 Å². The minimum atomic E-state index is -4.44. The predicted octanol–water partition coefficient (Wildman–Crippen LogP) is 5.02. The Morgan fingerprint density at radius 1 is 1.00 bits per heavy atom. The van der Waals surface area contributed by atoms with E-state index in [9.17, 15) is 22.8 Å². The molecule has 0 atom stereocenters. The largest absolute Gasteiger partial charge is 0.416 e. The van der Waals surface area contributed by atoms with E-state index in [1.807, 2.05) is 48.9 Å². The Bertz CT molecular complexity index is 1230. The van der Waals surface area contributed by atoms with Crippen LogP contribution in [0, 0.1) is 19.8 Å². The zero-order valence-corrected chi connectivity index (χ0v) is 20.5. The van der Waals surface area contributed by atoms with Crippen molar-refractivity contribution in [3.8, 4) is 5.69 Å². The maximum atomic E-state index is 13.2. The van der Waals surface area contributed by atoms with Crippen molar-refractivity contribution in [2.45, 2.75) is 39.4 Å². The van der Waals surface area contributed by atoms with Gasteiger partial charge in [0.05, 0.1) is 16.9 Å². The van der Waals surface area contributed by atoms with E-state index in [1.165, 1.54) is 12.1 Å². The van der Waals surface area contributed by atoms with Crippen LogP contribution in [0.5, 0.6) is 0 Å². The number of hydrogen-bond donors (Lipinski definition) is 0. The van der Waals surface area contributed by atoms with Crippen LogP contribution in [0.2, 0.25) is 0 Å². The molecule has 36 heavy (non-hydrogen) atoms. The number of halogens is 3. The molecule has 3 aromatic rings. The Morgan fingerprint density at radius 2 is 1.61 bits per heavy atom. The van der Waals surface area contributed by atoms with Gasteiger partial charge in [-0.2, -0.15) is 18.3 Å². The first-order valence-electron chi connectivity index (χ1n) is 11.9. The Hall–Kier alpha value is -3.62. The minimum Gasteiger partial charge on any atom is -0.341 e. The highest BCUT2D eigenvalue weighted by Gasteiger charge is 2.32. The van der Waals surface area contributed by atoms with E-state index < -0.39 is 11.7 Å². The highest BCUT2D eigenvalue weighted by molar-refractivity contribution is 5.94. The summed E-state index contributed by atoms with van der Waals surface area (Å²) < 4.78 is 40.2. The van der Waals surface area contributed by atoms with Gasteiger partial charge in [-0.1, -0.05) is 18.2 Å². The number of alkyl halides is 3. The van der Waals surface area contributed by atoms with Gasteiger partial charge in [-0.15, -0.1) is 0 Å². The molecule has 1 aliphatic rings. The van der Waals surface area contributed by atoms with Crippen LogP contribution in [0.4, 0.5) is 13.2 Å². The molecule has 2 amide bonds. The Balaban J connectivity index is 1.35. The molecule has 1 saturated heterocycles. The fraction of sp³-hybridized carbons (Fsp3) is 0.370. The van der Waals surface area contributed by atoms with Crippen molar-refractivity contribution >= 4 is 11.8 Å². The number of nitrogens with zero attached hydrogens (tertiary/aromatic N) is 4. The highest BCUT2D eigenvalue weighted by Crippen LogP contribution is 2.30. The molecule has 2 heterocycles. The summed E-state index contributed by atoms with van der Waals surface area (Å²) in [5.74, 6) is -0.512. The molecule has 1 fully saturated rings. The molecule has 1 aromatic heterocycles. The van der Waals surface area contributed by atoms with Gasteiger partial charge in [0.25, 0.3) is 5.91 Å². The smallest absolute Gasteiger partial charge is 0.341 e. The predicted molar refractivity (Wildman–Crippen MR) is 130 cm³/mol. The number of aromatic nitrogens is 2.